The lowest BCUT2D eigenvalue weighted by atomic mass is 10.1. The number of nitrogens with one attached hydrogen (secondary N) is 2. The number of benzene rings is 1. The van der Waals surface area contributed by atoms with Gasteiger partial charge in [-0.2, -0.15) is 0 Å². The zero-order valence-corrected chi connectivity index (χ0v) is 16.7. The van der Waals surface area contributed by atoms with E-state index in [4.69, 9.17) is 11.6 Å². The van der Waals surface area contributed by atoms with Crippen LogP contribution in [0.25, 0.3) is 5.52 Å². The van der Waals surface area contributed by atoms with E-state index in [2.05, 4.69) is 29.5 Å². The van der Waals surface area contributed by atoms with Gasteiger partial charge in [0.15, 0.2) is 5.69 Å². The van der Waals surface area contributed by atoms with E-state index in [9.17, 15) is 9.59 Å². The van der Waals surface area contributed by atoms with E-state index < -0.39 is 0 Å². The number of carbonyl (C=O) groups excluding carboxylic acids is 2. The van der Waals surface area contributed by atoms with Crippen molar-refractivity contribution in [3.8, 4) is 0 Å². The molecule has 0 radical (unpaired) electrons. The molecule has 7 heteroatoms. The first kappa shape index (κ1) is 19.9. The van der Waals surface area contributed by atoms with Gasteiger partial charge in [-0.05, 0) is 36.1 Å². The summed E-state index contributed by atoms with van der Waals surface area (Å²) in [5, 5.41) is 6.28. The molecule has 2 aromatic heterocycles. The molecule has 2 heterocycles. The highest BCUT2D eigenvalue weighted by atomic mass is 35.5. The maximum Gasteiger partial charge on any atom is 0.287 e. The van der Waals surface area contributed by atoms with Crippen LogP contribution in [0.4, 0.5) is 0 Å². The molecule has 0 spiro atoms. The second kappa shape index (κ2) is 8.89. The molecule has 0 bridgehead atoms. The van der Waals surface area contributed by atoms with E-state index >= 15 is 0 Å². The smallest absolute Gasteiger partial charge is 0.287 e. The third kappa shape index (κ3) is 4.51. The van der Waals surface area contributed by atoms with Crippen molar-refractivity contribution in [3.63, 3.8) is 0 Å². The number of hydrogen-bond acceptors (Lipinski definition) is 3. The number of amides is 2. The molecule has 146 valence electrons. The van der Waals surface area contributed by atoms with Crippen molar-refractivity contribution in [2.24, 2.45) is 5.92 Å². The molecule has 3 rings (SSSR count). The van der Waals surface area contributed by atoms with E-state index in [1.165, 1.54) is 0 Å². The number of imidazole rings is 1. The van der Waals surface area contributed by atoms with Crippen LogP contribution >= 0.6 is 11.6 Å². The fraction of sp³-hybridized carbons (Fsp3) is 0.286. The van der Waals surface area contributed by atoms with Gasteiger partial charge in [-0.1, -0.05) is 49.7 Å². The van der Waals surface area contributed by atoms with Crippen LogP contribution in [-0.4, -0.2) is 27.7 Å². The molecular formula is C21H23ClN4O2. The molecule has 0 atom stereocenters. The summed E-state index contributed by atoms with van der Waals surface area (Å²) in [4.78, 5) is 29.6. The number of pyridine rings is 1. The van der Waals surface area contributed by atoms with Crippen LogP contribution in [0.5, 0.6) is 0 Å². The molecule has 0 aliphatic rings. The molecule has 2 amide bonds. The van der Waals surface area contributed by atoms with E-state index in [-0.39, 0.29) is 29.9 Å². The van der Waals surface area contributed by atoms with Crippen LogP contribution in [0.1, 0.15) is 46.9 Å². The molecule has 0 unspecified atom stereocenters. The Labute approximate surface area is 168 Å². The Morgan fingerprint density at radius 2 is 1.82 bits per heavy atom. The number of fused-ring (bicyclic) bond motifs is 1. The number of rotatable bonds is 7. The molecule has 3 aromatic rings. The van der Waals surface area contributed by atoms with E-state index in [0.29, 0.717) is 23.0 Å². The summed E-state index contributed by atoms with van der Waals surface area (Å²) in [6.07, 6.45) is 2.60. The first-order chi connectivity index (χ1) is 13.5. The largest absolute Gasteiger partial charge is 0.351 e. The Bertz CT molecular complexity index is 997. The maximum absolute atomic E-state index is 12.7. The quantitative estimate of drug-likeness (QED) is 0.637. The first-order valence-corrected chi connectivity index (χ1v) is 9.62. The minimum absolute atomic E-state index is 0.164. The third-order valence-electron chi connectivity index (χ3n) is 4.37. The number of aromatic nitrogens is 2. The molecule has 28 heavy (non-hydrogen) atoms. The zero-order chi connectivity index (χ0) is 20.1. The predicted octanol–water partition coefficient (Wildman–Crippen LogP) is 3.69. The zero-order valence-electron chi connectivity index (χ0n) is 15.9. The highest BCUT2D eigenvalue weighted by Gasteiger charge is 2.21. The van der Waals surface area contributed by atoms with Gasteiger partial charge in [0.05, 0.1) is 5.52 Å². The topological polar surface area (TPSA) is 75.5 Å². The summed E-state index contributed by atoms with van der Waals surface area (Å²) >= 11 is 6.14. The Morgan fingerprint density at radius 3 is 2.57 bits per heavy atom. The molecule has 1 aromatic carbocycles. The van der Waals surface area contributed by atoms with Gasteiger partial charge in [-0.25, -0.2) is 4.98 Å². The Hall–Kier alpha value is -2.86. The van der Waals surface area contributed by atoms with Crippen LogP contribution < -0.4 is 10.6 Å². The monoisotopic (exact) mass is 398 g/mol. The highest BCUT2D eigenvalue weighted by molar-refractivity contribution is 6.31. The average Bonchev–Trinajstić information content (AvgIpc) is 3.07. The van der Waals surface area contributed by atoms with E-state index in [1.807, 2.05) is 24.3 Å². The fourth-order valence-electron chi connectivity index (χ4n) is 2.82. The lowest BCUT2D eigenvalue weighted by Gasteiger charge is -2.06. The van der Waals surface area contributed by atoms with Gasteiger partial charge >= 0.3 is 0 Å². The van der Waals surface area contributed by atoms with E-state index in [1.54, 1.807) is 28.8 Å². The fourth-order valence-corrected chi connectivity index (χ4v) is 3.02. The molecule has 2 N–H and O–H groups in total. The standard InChI is InChI=1S/C21H23ClN4O2/c1-14(2)10-11-23-20(27)18-17-9-5-6-12-26(17)19(25-18)21(28)24-13-15-7-3-4-8-16(15)22/h3-9,12,14H,10-11,13H2,1-2H3,(H,23,27)(H,24,28). The summed E-state index contributed by atoms with van der Waals surface area (Å²) in [7, 11) is 0. The van der Waals surface area contributed by atoms with Crippen molar-refractivity contribution in [1.82, 2.24) is 20.0 Å². The number of hydrogen-bond donors (Lipinski definition) is 2. The average molecular weight is 399 g/mol. The summed E-state index contributed by atoms with van der Waals surface area (Å²) < 4.78 is 1.62. The molecule has 0 fully saturated rings. The van der Waals surface area contributed by atoms with Crippen LogP contribution in [0.3, 0.4) is 0 Å². The van der Waals surface area contributed by atoms with Crippen LogP contribution in [-0.2, 0) is 6.54 Å². The van der Waals surface area contributed by atoms with Gasteiger partial charge in [0.2, 0.25) is 5.82 Å². The molecule has 0 aliphatic heterocycles. The minimum atomic E-state index is -0.373. The van der Waals surface area contributed by atoms with Gasteiger partial charge in [0, 0.05) is 24.3 Å². The van der Waals surface area contributed by atoms with Gasteiger partial charge in [-0.3, -0.25) is 14.0 Å². The third-order valence-corrected chi connectivity index (χ3v) is 4.74. The molecular weight excluding hydrogens is 376 g/mol. The second-order valence-corrected chi connectivity index (χ2v) is 7.36. The molecule has 0 saturated carbocycles. The van der Waals surface area contributed by atoms with Crippen molar-refractivity contribution in [3.05, 3.63) is 70.8 Å². The van der Waals surface area contributed by atoms with Crippen molar-refractivity contribution in [2.45, 2.75) is 26.8 Å². The summed E-state index contributed by atoms with van der Waals surface area (Å²) in [5.41, 5.74) is 1.64. The minimum Gasteiger partial charge on any atom is -0.351 e. The van der Waals surface area contributed by atoms with Crippen LogP contribution in [0.2, 0.25) is 5.02 Å². The van der Waals surface area contributed by atoms with Crippen molar-refractivity contribution < 1.29 is 9.59 Å². The lowest BCUT2D eigenvalue weighted by Crippen LogP contribution is -2.27. The molecule has 0 saturated heterocycles. The van der Waals surface area contributed by atoms with Crippen LogP contribution in [0.15, 0.2) is 48.7 Å². The number of halogens is 1. The van der Waals surface area contributed by atoms with Gasteiger partial charge in [0.1, 0.15) is 0 Å². The van der Waals surface area contributed by atoms with Crippen molar-refractivity contribution >= 4 is 28.9 Å². The molecule has 0 aliphatic carbocycles. The predicted molar refractivity (Wildman–Crippen MR) is 110 cm³/mol. The Morgan fingerprint density at radius 1 is 1.07 bits per heavy atom. The summed E-state index contributed by atoms with van der Waals surface area (Å²) in [6, 6.07) is 12.7. The normalized spacial score (nSPS) is 11.0. The first-order valence-electron chi connectivity index (χ1n) is 9.24. The lowest BCUT2D eigenvalue weighted by molar-refractivity contribution is 0.0940. The summed E-state index contributed by atoms with van der Waals surface area (Å²) in [5.74, 6) is -0.00120. The SMILES string of the molecule is CC(C)CCNC(=O)c1nc(C(=O)NCc2ccccc2Cl)n2ccccc12. The number of nitrogens with zero attached hydrogens (tertiary/aromatic N) is 2. The summed E-state index contributed by atoms with van der Waals surface area (Å²) in [6.45, 7) is 5.03. The van der Waals surface area contributed by atoms with Crippen LogP contribution in [0, 0.1) is 5.92 Å². The van der Waals surface area contributed by atoms with E-state index in [0.717, 1.165) is 12.0 Å². The van der Waals surface area contributed by atoms with Gasteiger partial charge in [-0.15, -0.1) is 0 Å². The van der Waals surface area contributed by atoms with Gasteiger partial charge < -0.3 is 10.6 Å². The van der Waals surface area contributed by atoms with Crippen molar-refractivity contribution in [1.29, 1.82) is 0 Å². The highest BCUT2D eigenvalue weighted by Crippen LogP contribution is 2.16. The number of carbonyl (C=O) groups is 2. The molecule has 6 nitrogen and oxygen atoms in total. The second-order valence-electron chi connectivity index (χ2n) is 6.95. The van der Waals surface area contributed by atoms with Gasteiger partial charge in [0.25, 0.3) is 11.8 Å². The Balaban J connectivity index is 1.80. The maximum atomic E-state index is 12.7. The Kier molecular flexibility index (Phi) is 6.31. The van der Waals surface area contributed by atoms with Crippen molar-refractivity contribution in [2.75, 3.05) is 6.54 Å².